The number of carbonyl (C=O) groups is 1. The predicted molar refractivity (Wildman–Crippen MR) is 74.7 cm³/mol. The topological polar surface area (TPSA) is 40.5 Å². The van der Waals surface area contributed by atoms with E-state index in [4.69, 9.17) is 0 Å². The van der Waals surface area contributed by atoms with Gasteiger partial charge in [-0.15, -0.1) is 0 Å². The first-order chi connectivity index (χ1) is 8.75. The molecule has 1 aliphatic heterocycles. The molecule has 0 unspecified atom stereocenters. The van der Waals surface area contributed by atoms with Crippen LogP contribution in [0.3, 0.4) is 0 Å². The minimum atomic E-state index is -0.316. The maximum atomic E-state index is 11.8. The number of nitrogens with zero attached hydrogens (tertiary/aromatic N) is 1. The van der Waals surface area contributed by atoms with Gasteiger partial charge >= 0.3 is 0 Å². The molecule has 98 valence electrons. The average Bonchev–Trinajstić information content (AvgIpc) is 2.82. The van der Waals surface area contributed by atoms with Gasteiger partial charge in [-0.2, -0.15) is 11.8 Å². The summed E-state index contributed by atoms with van der Waals surface area (Å²) in [5.74, 6) is 1.65. The fourth-order valence-electron chi connectivity index (χ4n) is 2.05. The summed E-state index contributed by atoms with van der Waals surface area (Å²) in [5, 5.41) is 9.37. The van der Waals surface area contributed by atoms with Crippen molar-refractivity contribution in [1.82, 2.24) is 4.90 Å². The van der Waals surface area contributed by atoms with Crippen LogP contribution < -0.4 is 0 Å². The number of likely N-dealkylation sites (tertiary alicyclic amines) is 1. The zero-order chi connectivity index (χ0) is 12.8. The monoisotopic (exact) mass is 265 g/mol. The van der Waals surface area contributed by atoms with E-state index in [1.807, 2.05) is 18.2 Å². The summed E-state index contributed by atoms with van der Waals surface area (Å²) >= 11 is 1.67. The van der Waals surface area contributed by atoms with Crippen molar-refractivity contribution >= 4 is 17.7 Å². The Kier molecular flexibility index (Phi) is 5.08. The van der Waals surface area contributed by atoms with Crippen LogP contribution in [0, 0.1) is 0 Å². The van der Waals surface area contributed by atoms with E-state index in [1.165, 1.54) is 5.56 Å². The van der Waals surface area contributed by atoms with Gasteiger partial charge in [0.1, 0.15) is 0 Å². The molecule has 0 aliphatic carbocycles. The lowest BCUT2D eigenvalue weighted by Crippen LogP contribution is -2.31. The molecule has 18 heavy (non-hydrogen) atoms. The number of β-amino-alcohol motifs (C(OH)–C–C–N with tert-alkyl or cyclic N) is 1. The zero-order valence-corrected chi connectivity index (χ0v) is 11.2. The minimum absolute atomic E-state index is 0.157. The number of aliphatic hydroxyl groups excluding tert-OH is 1. The zero-order valence-electron chi connectivity index (χ0n) is 10.4. The Morgan fingerprint density at radius 1 is 1.39 bits per heavy atom. The molecule has 0 bridgehead atoms. The van der Waals surface area contributed by atoms with Crippen LogP contribution >= 0.6 is 11.8 Å². The highest BCUT2D eigenvalue weighted by atomic mass is 32.2. The van der Waals surface area contributed by atoms with Crippen LogP contribution in [-0.4, -0.2) is 46.6 Å². The van der Waals surface area contributed by atoms with Crippen molar-refractivity contribution in [3.63, 3.8) is 0 Å². The molecular formula is C14H19NO2S. The Labute approximate surface area is 112 Å². The molecule has 3 nitrogen and oxygen atoms in total. The normalized spacial score (nSPS) is 19.2. The lowest BCUT2D eigenvalue weighted by molar-refractivity contribution is -0.127. The first kappa shape index (κ1) is 13.4. The molecule has 2 rings (SSSR count). The molecule has 1 atom stereocenters. The molecule has 4 heteroatoms. The summed E-state index contributed by atoms with van der Waals surface area (Å²) in [7, 11) is 0. The number of thioether (sulfide) groups is 1. The molecule has 0 spiro atoms. The quantitative estimate of drug-likeness (QED) is 0.821. The van der Waals surface area contributed by atoms with Gasteiger partial charge < -0.3 is 10.0 Å². The average molecular weight is 265 g/mol. The van der Waals surface area contributed by atoms with E-state index in [1.54, 1.807) is 16.7 Å². The van der Waals surface area contributed by atoms with Gasteiger partial charge in [0.15, 0.2) is 0 Å². The Morgan fingerprint density at radius 2 is 2.17 bits per heavy atom. The molecule has 1 saturated heterocycles. The second-order valence-electron chi connectivity index (χ2n) is 4.57. The summed E-state index contributed by atoms with van der Waals surface area (Å²) in [5.41, 5.74) is 1.31. The highest BCUT2D eigenvalue weighted by molar-refractivity contribution is 7.99. The van der Waals surface area contributed by atoms with E-state index in [0.29, 0.717) is 18.8 Å². The van der Waals surface area contributed by atoms with E-state index in [2.05, 4.69) is 12.1 Å². The number of aliphatic hydroxyl groups is 1. The number of rotatable bonds is 5. The van der Waals surface area contributed by atoms with E-state index in [0.717, 1.165) is 18.6 Å². The molecule has 1 aromatic rings. The van der Waals surface area contributed by atoms with Gasteiger partial charge in [0, 0.05) is 13.1 Å². The third-order valence-electron chi connectivity index (χ3n) is 3.12. The van der Waals surface area contributed by atoms with Crippen LogP contribution in [0.2, 0.25) is 0 Å². The van der Waals surface area contributed by atoms with Gasteiger partial charge in [-0.05, 0) is 24.2 Å². The molecule has 0 radical (unpaired) electrons. The third kappa shape index (κ3) is 4.03. The van der Waals surface area contributed by atoms with Crippen molar-refractivity contribution in [2.75, 3.05) is 24.6 Å². The Hall–Kier alpha value is -1.00. The second-order valence-corrected chi connectivity index (χ2v) is 5.68. The van der Waals surface area contributed by atoms with Gasteiger partial charge in [0.2, 0.25) is 5.91 Å². The lowest BCUT2D eigenvalue weighted by atomic mass is 10.2. The SMILES string of the molecule is O=C(CSCCc1ccccc1)N1CC[C@@H](O)C1. The number of amides is 1. The van der Waals surface area contributed by atoms with Gasteiger partial charge in [0.05, 0.1) is 11.9 Å². The molecule has 0 aromatic heterocycles. The smallest absolute Gasteiger partial charge is 0.232 e. The van der Waals surface area contributed by atoms with Crippen LogP contribution in [-0.2, 0) is 11.2 Å². The van der Waals surface area contributed by atoms with Crippen LogP contribution in [0.25, 0.3) is 0 Å². The van der Waals surface area contributed by atoms with Crippen molar-refractivity contribution in [2.24, 2.45) is 0 Å². The van der Waals surface area contributed by atoms with Gasteiger partial charge in [0.25, 0.3) is 0 Å². The maximum absolute atomic E-state index is 11.8. The second kappa shape index (κ2) is 6.81. The first-order valence-corrected chi connectivity index (χ1v) is 7.48. The van der Waals surface area contributed by atoms with Crippen LogP contribution in [0.15, 0.2) is 30.3 Å². The van der Waals surface area contributed by atoms with E-state index >= 15 is 0 Å². The summed E-state index contributed by atoms with van der Waals surface area (Å²) in [6.07, 6.45) is 1.41. The molecular weight excluding hydrogens is 246 g/mol. The highest BCUT2D eigenvalue weighted by Gasteiger charge is 2.23. The standard InChI is InChI=1S/C14H19NO2S/c16-13-6-8-15(10-13)14(17)11-18-9-7-12-4-2-1-3-5-12/h1-5,13,16H,6-11H2/t13-/m1/s1. The number of benzene rings is 1. The third-order valence-corrected chi connectivity index (χ3v) is 4.06. The number of aryl methyl sites for hydroxylation is 1. The van der Waals surface area contributed by atoms with Crippen molar-refractivity contribution in [3.05, 3.63) is 35.9 Å². The Balaban J connectivity index is 1.62. The van der Waals surface area contributed by atoms with Crippen LogP contribution in [0.5, 0.6) is 0 Å². The van der Waals surface area contributed by atoms with Crippen molar-refractivity contribution in [2.45, 2.75) is 18.9 Å². The Bertz CT molecular complexity index is 383. The van der Waals surface area contributed by atoms with Crippen molar-refractivity contribution < 1.29 is 9.90 Å². The van der Waals surface area contributed by atoms with Crippen LogP contribution in [0.1, 0.15) is 12.0 Å². The van der Waals surface area contributed by atoms with E-state index < -0.39 is 0 Å². The summed E-state index contributed by atoms with van der Waals surface area (Å²) in [4.78, 5) is 13.6. The molecule has 1 aliphatic rings. The maximum Gasteiger partial charge on any atom is 0.232 e. The van der Waals surface area contributed by atoms with Gasteiger partial charge in [-0.1, -0.05) is 30.3 Å². The highest BCUT2D eigenvalue weighted by Crippen LogP contribution is 2.12. The van der Waals surface area contributed by atoms with E-state index in [9.17, 15) is 9.90 Å². The minimum Gasteiger partial charge on any atom is -0.391 e. The molecule has 1 amide bonds. The first-order valence-electron chi connectivity index (χ1n) is 6.33. The predicted octanol–water partition coefficient (Wildman–Crippen LogP) is 1.56. The molecule has 0 saturated carbocycles. The number of carbonyl (C=O) groups excluding carboxylic acids is 1. The van der Waals surface area contributed by atoms with Gasteiger partial charge in [-0.3, -0.25) is 4.79 Å². The molecule has 1 fully saturated rings. The number of hydrogen-bond acceptors (Lipinski definition) is 3. The fourth-order valence-corrected chi connectivity index (χ4v) is 2.94. The molecule has 1 N–H and O–H groups in total. The largest absolute Gasteiger partial charge is 0.391 e. The van der Waals surface area contributed by atoms with Gasteiger partial charge in [-0.25, -0.2) is 0 Å². The summed E-state index contributed by atoms with van der Waals surface area (Å²) in [6.45, 7) is 1.22. The van der Waals surface area contributed by atoms with E-state index in [-0.39, 0.29) is 12.0 Å². The summed E-state index contributed by atoms with van der Waals surface area (Å²) in [6, 6.07) is 10.3. The number of hydrogen-bond donors (Lipinski definition) is 1. The van der Waals surface area contributed by atoms with Crippen LogP contribution in [0.4, 0.5) is 0 Å². The van der Waals surface area contributed by atoms with Crippen molar-refractivity contribution in [1.29, 1.82) is 0 Å². The lowest BCUT2D eigenvalue weighted by Gasteiger charge is -2.14. The molecule has 1 heterocycles. The fraction of sp³-hybridized carbons (Fsp3) is 0.500. The molecule has 1 aromatic carbocycles. The summed E-state index contributed by atoms with van der Waals surface area (Å²) < 4.78 is 0. The van der Waals surface area contributed by atoms with Crippen molar-refractivity contribution in [3.8, 4) is 0 Å². The Morgan fingerprint density at radius 3 is 2.83 bits per heavy atom.